The SMILES string of the molecule is Fc1ccc(C2=CC3N=C(c4ccc5ccc6c(-c7ccc8ccccc8c7)ccc7ccc4c5c76)OC3C=C2)cc1. The number of nitrogens with zero attached hydrogens (tertiary/aromatic N) is 1. The molecule has 0 amide bonds. The van der Waals surface area contributed by atoms with Crippen LogP contribution in [0.3, 0.4) is 0 Å². The number of benzene rings is 7. The van der Waals surface area contributed by atoms with Crippen LogP contribution in [0.15, 0.2) is 138 Å². The minimum atomic E-state index is -0.236. The molecule has 2 aliphatic rings. The van der Waals surface area contributed by atoms with Crippen LogP contribution in [0.25, 0.3) is 59.8 Å². The standard InChI is InChI=1S/C39H24FNO/c40-30-14-7-24(8-15-30)28-13-20-36-35(22-28)41-39(42-36)34-19-12-26-10-17-32-31(16-9-25-11-18-33(34)38(26)37(25)32)29-6-5-23-3-1-2-4-27(23)21-29/h1-22,35-36H. The molecular formula is C39H24FNO. The van der Waals surface area contributed by atoms with Gasteiger partial charge < -0.3 is 4.74 Å². The molecule has 0 aromatic heterocycles. The molecule has 0 saturated carbocycles. The van der Waals surface area contributed by atoms with Gasteiger partial charge in [0.05, 0.1) is 0 Å². The zero-order valence-corrected chi connectivity index (χ0v) is 22.6. The van der Waals surface area contributed by atoms with Crippen LogP contribution in [0.5, 0.6) is 0 Å². The number of hydrogen-bond donors (Lipinski definition) is 0. The maximum Gasteiger partial charge on any atom is 0.218 e. The summed E-state index contributed by atoms with van der Waals surface area (Å²) in [6.07, 6.45) is 6.08. The summed E-state index contributed by atoms with van der Waals surface area (Å²) in [4.78, 5) is 5.04. The van der Waals surface area contributed by atoms with E-state index in [2.05, 4.69) is 103 Å². The predicted molar refractivity (Wildman–Crippen MR) is 172 cm³/mol. The Balaban J connectivity index is 1.18. The van der Waals surface area contributed by atoms with E-state index in [1.54, 1.807) is 12.1 Å². The van der Waals surface area contributed by atoms with Crippen molar-refractivity contribution in [2.45, 2.75) is 12.1 Å². The second-order valence-corrected chi connectivity index (χ2v) is 11.2. The fourth-order valence-corrected chi connectivity index (χ4v) is 6.73. The second kappa shape index (κ2) is 8.86. The molecule has 2 unspecified atom stereocenters. The van der Waals surface area contributed by atoms with Gasteiger partial charge in [-0.15, -0.1) is 0 Å². The molecule has 1 heterocycles. The molecule has 198 valence electrons. The molecule has 9 rings (SSSR count). The van der Waals surface area contributed by atoms with Gasteiger partial charge in [0, 0.05) is 5.56 Å². The topological polar surface area (TPSA) is 21.6 Å². The van der Waals surface area contributed by atoms with Crippen LogP contribution in [0, 0.1) is 5.82 Å². The van der Waals surface area contributed by atoms with Crippen LogP contribution in [-0.2, 0) is 4.74 Å². The van der Waals surface area contributed by atoms with E-state index in [0.717, 1.165) is 22.1 Å². The Morgan fingerprint density at radius 3 is 2.02 bits per heavy atom. The maximum atomic E-state index is 13.5. The van der Waals surface area contributed by atoms with Gasteiger partial charge in [0.25, 0.3) is 0 Å². The summed E-state index contributed by atoms with van der Waals surface area (Å²) in [5, 5.41) is 9.82. The van der Waals surface area contributed by atoms with Gasteiger partial charge in [-0.3, -0.25) is 0 Å². The fourth-order valence-electron chi connectivity index (χ4n) is 6.73. The summed E-state index contributed by atoms with van der Waals surface area (Å²) in [7, 11) is 0. The maximum absolute atomic E-state index is 13.5. The lowest BCUT2D eigenvalue weighted by Crippen LogP contribution is -2.20. The average Bonchev–Trinajstić information content (AvgIpc) is 3.47. The number of hydrogen-bond acceptors (Lipinski definition) is 2. The van der Waals surface area contributed by atoms with Crippen molar-refractivity contribution in [3.8, 4) is 11.1 Å². The van der Waals surface area contributed by atoms with E-state index >= 15 is 0 Å². The van der Waals surface area contributed by atoms with Crippen molar-refractivity contribution in [3.05, 3.63) is 150 Å². The average molecular weight is 542 g/mol. The molecule has 1 aliphatic heterocycles. The highest BCUT2D eigenvalue weighted by atomic mass is 19.1. The summed E-state index contributed by atoms with van der Waals surface area (Å²) < 4.78 is 19.9. The van der Waals surface area contributed by atoms with E-state index in [-0.39, 0.29) is 18.0 Å². The second-order valence-electron chi connectivity index (χ2n) is 11.2. The lowest BCUT2D eigenvalue weighted by atomic mass is 9.88. The first kappa shape index (κ1) is 23.4. The third kappa shape index (κ3) is 3.53. The van der Waals surface area contributed by atoms with Gasteiger partial charge >= 0.3 is 0 Å². The van der Waals surface area contributed by atoms with E-state index in [4.69, 9.17) is 9.73 Å². The number of aliphatic imine (C=N–C) groups is 1. The van der Waals surface area contributed by atoms with Gasteiger partial charge in [-0.05, 0) is 102 Å². The molecule has 0 radical (unpaired) electrons. The quantitative estimate of drug-likeness (QED) is 0.204. The Hall–Kier alpha value is -5.28. The highest BCUT2D eigenvalue weighted by molar-refractivity contribution is 6.28. The Morgan fingerprint density at radius 1 is 0.595 bits per heavy atom. The van der Waals surface area contributed by atoms with E-state index < -0.39 is 0 Å². The van der Waals surface area contributed by atoms with Crippen molar-refractivity contribution >= 4 is 54.6 Å². The van der Waals surface area contributed by atoms with Crippen molar-refractivity contribution < 1.29 is 9.13 Å². The molecular weight excluding hydrogens is 517 g/mol. The van der Waals surface area contributed by atoms with Crippen molar-refractivity contribution in [1.29, 1.82) is 0 Å². The summed E-state index contributed by atoms with van der Waals surface area (Å²) in [5.41, 5.74) is 5.46. The number of ether oxygens (including phenoxy) is 1. The molecule has 3 heteroatoms. The van der Waals surface area contributed by atoms with Gasteiger partial charge in [0.2, 0.25) is 5.90 Å². The molecule has 0 fully saturated rings. The molecule has 0 saturated heterocycles. The molecule has 1 aliphatic carbocycles. The van der Waals surface area contributed by atoms with Crippen molar-refractivity contribution in [1.82, 2.24) is 0 Å². The first-order chi connectivity index (χ1) is 20.7. The fraction of sp³-hybridized carbons (Fsp3) is 0.0513. The van der Waals surface area contributed by atoms with Gasteiger partial charge in [0.15, 0.2) is 0 Å². The third-order valence-electron chi connectivity index (χ3n) is 8.80. The first-order valence-corrected chi connectivity index (χ1v) is 14.3. The Labute approximate surface area is 242 Å². The minimum Gasteiger partial charge on any atom is -0.467 e. The number of fused-ring (bicyclic) bond motifs is 2. The highest BCUT2D eigenvalue weighted by Crippen LogP contribution is 2.41. The lowest BCUT2D eigenvalue weighted by Gasteiger charge is -2.18. The Morgan fingerprint density at radius 2 is 1.24 bits per heavy atom. The van der Waals surface area contributed by atoms with E-state index in [1.807, 2.05) is 6.08 Å². The Bertz CT molecular complexity index is 2290. The van der Waals surface area contributed by atoms with Crippen LogP contribution in [-0.4, -0.2) is 18.0 Å². The van der Waals surface area contributed by atoms with Gasteiger partial charge in [0.1, 0.15) is 18.0 Å². The van der Waals surface area contributed by atoms with E-state index in [0.29, 0.717) is 5.90 Å². The lowest BCUT2D eigenvalue weighted by molar-refractivity contribution is 0.255. The van der Waals surface area contributed by atoms with Crippen LogP contribution < -0.4 is 0 Å². The van der Waals surface area contributed by atoms with Crippen molar-refractivity contribution in [2.75, 3.05) is 0 Å². The van der Waals surface area contributed by atoms with Crippen LogP contribution in [0.1, 0.15) is 11.1 Å². The minimum absolute atomic E-state index is 0.122. The molecule has 7 aromatic rings. The summed E-state index contributed by atoms with van der Waals surface area (Å²) in [6, 6.07) is 39.4. The smallest absolute Gasteiger partial charge is 0.218 e. The predicted octanol–water partition coefficient (Wildman–Crippen LogP) is 9.71. The van der Waals surface area contributed by atoms with Crippen molar-refractivity contribution in [3.63, 3.8) is 0 Å². The van der Waals surface area contributed by atoms with Crippen molar-refractivity contribution in [2.24, 2.45) is 4.99 Å². The largest absolute Gasteiger partial charge is 0.467 e. The van der Waals surface area contributed by atoms with E-state index in [1.165, 1.54) is 61.0 Å². The third-order valence-corrected chi connectivity index (χ3v) is 8.80. The summed E-state index contributed by atoms with van der Waals surface area (Å²) in [5.74, 6) is 0.429. The summed E-state index contributed by atoms with van der Waals surface area (Å²) >= 11 is 0. The molecule has 2 atom stereocenters. The molecule has 42 heavy (non-hydrogen) atoms. The van der Waals surface area contributed by atoms with Crippen LogP contribution in [0.2, 0.25) is 0 Å². The van der Waals surface area contributed by atoms with Crippen LogP contribution >= 0.6 is 0 Å². The van der Waals surface area contributed by atoms with Crippen LogP contribution in [0.4, 0.5) is 4.39 Å². The highest BCUT2D eigenvalue weighted by Gasteiger charge is 2.31. The molecule has 0 bridgehead atoms. The van der Waals surface area contributed by atoms with Gasteiger partial charge in [-0.1, -0.05) is 97.1 Å². The normalized spacial score (nSPS) is 18.0. The zero-order chi connectivity index (χ0) is 27.8. The van der Waals surface area contributed by atoms with E-state index in [9.17, 15) is 4.39 Å². The molecule has 0 spiro atoms. The zero-order valence-electron chi connectivity index (χ0n) is 22.6. The van der Waals surface area contributed by atoms with Gasteiger partial charge in [-0.2, -0.15) is 0 Å². The Kier molecular flexibility index (Phi) is 4.94. The molecule has 7 aromatic carbocycles. The summed E-state index contributed by atoms with van der Waals surface area (Å²) in [6.45, 7) is 0. The number of rotatable bonds is 3. The molecule has 2 nitrogen and oxygen atoms in total. The van der Waals surface area contributed by atoms with Gasteiger partial charge in [-0.25, -0.2) is 9.38 Å². The first-order valence-electron chi connectivity index (χ1n) is 14.3. The molecule has 0 N–H and O–H groups in total. The number of halogens is 1. The monoisotopic (exact) mass is 541 g/mol. The number of allylic oxidation sites excluding steroid dienone is 2.